The highest BCUT2D eigenvalue weighted by Gasteiger charge is 2.14. The van der Waals surface area contributed by atoms with Gasteiger partial charge >= 0.3 is 0 Å². The van der Waals surface area contributed by atoms with Gasteiger partial charge in [0.15, 0.2) is 5.78 Å². The molecule has 0 spiro atoms. The van der Waals surface area contributed by atoms with Crippen LogP contribution in [-0.2, 0) is 18.4 Å². The van der Waals surface area contributed by atoms with E-state index < -0.39 is 0 Å². The first-order valence-electron chi connectivity index (χ1n) is 8.15. The topological polar surface area (TPSA) is 71.4 Å². The number of carbonyl (C=O) groups excluding carboxylic acids is 3. The number of nitrogens with zero attached hydrogens (tertiary/aromatic N) is 2. The number of Topliss-reactive ketones (excluding diaryl/α,β-unsaturated/α-hetero) is 1. The summed E-state index contributed by atoms with van der Waals surface area (Å²) in [7, 11) is 1.73. The van der Waals surface area contributed by atoms with E-state index >= 15 is 0 Å². The van der Waals surface area contributed by atoms with Gasteiger partial charge in [-0.3, -0.25) is 14.4 Å². The fraction of sp³-hybridized carbons (Fsp3) is 0.316. The van der Waals surface area contributed by atoms with Gasteiger partial charge in [0.05, 0.1) is 0 Å². The van der Waals surface area contributed by atoms with Gasteiger partial charge in [-0.05, 0) is 37.6 Å². The Hall–Kier alpha value is -2.89. The van der Waals surface area contributed by atoms with Gasteiger partial charge in [0.25, 0.3) is 5.91 Å². The molecule has 1 aromatic carbocycles. The van der Waals surface area contributed by atoms with Crippen LogP contribution in [0.2, 0.25) is 0 Å². The zero-order valence-corrected chi connectivity index (χ0v) is 15.0. The summed E-state index contributed by atoms with van der Waals surface area (Å²) in [4.78, 5) is 37.2. The third-order valence-corrected chi connectivity index (χ3v) is 4.03. The summed E-state index contributed by atoms with van der Waals surface area (Å²) in [5.41, 5.74) is 2.50. The summed E-state index contributed by atoms with van der Waals surface area (Å²) in [6.45, 7) is 6.05. The van der Waals surface area contributed by atoms with Crippen LogP contribution in [0.25, 0.3) is 0 Å². The molecule has 0 saturated carbocycles. The Morgan fingerprint density at radius 3 is 2.44 bits per heavy atom. The third kappa shape index (κ3) is 4.56. The summed E-state index contributed by atoms with van der Waals surface area (Å²) in [6.07, 6.45) is 1.64. The Morgan fingerprint density at radius 1 is 1.16 bits per heavy atom. The first-order chi connectivity index (χ1) is 11.8. The molecule has 1 N–H and O–H groups in total. The number of nitrogens with one attached hydrogen (secondary N) is 1. The van der Waals surface area contributed by atoms with E-state index in [9.17, 15) is 14.4 Å². The Balaban J connectivity index is 2.15. The number of aromatic nitrogens is 1. The molecule has 0 saturated heterocycles. The quantitative estimate of drug-likeness (QED) is 0.821. The van der Waals surface area contributed by atoms with E-state index in [-0.39, 0.29) is 17.6 Å². The van der Waals surface area contributed by atoms with E-state index in [1.807, 2.05) is 25.1 Å². The van der Waals surface area contributed by atoms with Crippen LogP contribution in [0.5, 0.6) is 0 Å². The molecule has 0 fully saturated rings. The van der Waals surface area contributed by atoms with Crippen molar-refractivity contribution in [2.24, 2.45) is 7.05 Å². The number of amides is 2. The van der Waals surface area contributed by atoms with E-state index in [1.165, 1.54) is 13.8 Å². The van der Waals surface area contributed by atoms with Gasteiger partial charge in [0.1, 0.15) is 5.69 Å². The molecule has 2 aromatic rings. The van der Waals surface area contributed by atoms with E-state index in [1.54, 1.807) is 34.8 Å². The smallest absolute Gasteiger partial charge is 0.272 e. The van der Waals surface area contributed by atoms with Crippen LogP contribution >= 0.6 is 0 Å². The Kier molecular flexibility index (Phi) is 5.75. The van der Waals surface area contributed by atoms with Crippen LogP contribution in [0.15, 0.2) is 36.5 Å². The third-order valence-electron chi connectivity index (χ3n) is 4.03. The van der Waals surface area contributed by atoms with E-state index in [0.29, 0.717) is 30.0 Å². The average Bonchev–Trinajstić information content (AvgIpc) is 2.95. The number of aryl methyl sites for hydroxylation is 1. The number of hydrogen-bond donors (Lipinski definition) is 1. The highest BCUT2D eigenvalue weighted by Crippen LogP contribution is 2.15. The molecule has 132 valence electrons. The minimum absolute atomic E-state index is 0.0116. The molecule has 0 aliphatic heterocycles. The lowest BCUT2D eigenvalue weighted by Gasteiger charge is -2.19. The molecule has 2 amide bonds. The predicted octanol–water partition coefficient (Wildman–Crippen LogP) is 2.85. The summed E-state index contributed by atoms with van der Waals surface area (Å²) < 4.78 is 1.63. The summed E-state index contributed by atoms with van der Waals surface area (Å²) >= 11 is 0. The van der Waals surface area contributed by atoms with Gasteiger partial charge in [-0.15, -0.1) is 0 Å². The molecule has 2 rings (SSSR count). The van der Waals surface area contributed by atoms with Crippen LogP contribution in [0.3, 0.4) is 0 Å². The lowest BCUT2D eigenvalue weighted by molar-refractivity contribution is -0.129. The van der Waals surface area contributed by atoms with Crippen LogP contribution in [0.1, 0.15) is 47.2 Å². The van der Waals surface area contributed by atoms with Gasteiger partial charge < -0.3 is 14.8 Å². The van der Waals surface area contributed by atoms with Crippen molar-refractivity contribution in [1.29, 1.82) is 0 Å². The molecular weight excluding hydrogens is 318 g/mol. The molecule has 0 aliphatic rings. The van der Waals surface area contributed by atoms with E-state index in [2.05, 4.69) is 5.32 Å². The predicted molar refractivity (Wildman–Crippen MR) is 96.6 cm³/mol. The minimum atomic E-state index is -0.286. The van der Waals surface area contributed by atoms with Crippen LogP contribution in [-0.4, -0.2) is 33.6 Å². The largest absolute Gasteiger partial charge is 0.346 e. The molecule has 0 aliphatic carbocycles. The fourth-order valence-corrected chi connectivity index (χ4v) is 2.59. The van der Waals surface area contributed by atoms with E-state index in [0.717, 1.165) is 5.56 Å². The maximum absolute atomic E-state index is 12.5. The van der Waals surface area contributed by atoms with Gasteiger partial charge in [0, 0.05) is 44.5 Å². The molecule has 0 unspecified atom stereocenters. The lowest BCUT2D eigenvalue weighted by Crippen LogP contribution is -2.27. The number of ketones is 1. The monoisotopic (exact) mass is 341 g/mol. The molecule has 6 nitrogen and oxygen atoms in total. The van der Waals surface area contributed by atoms with Crippen LogP contribution < -0.4 is 5.32 Å². The van der Waals surface area contributed by atoms with Crippen molar-refractivity contribution >= 4 is 23.3 Å². The Labute approximate surface area is 147 Å². The van der Waals surface area contributed by atoms with Gasteiger partial charge in [-0.2, -0.15) is 0 Å². The summed E-state index contributed by atoms with van der Waals surface area (Å²) in [5.74, 6) is -0.357. The van der Waals surface area contributed by atoms with Crippen molar-refractivity contribution < 1.29 is 14.4 Å². The molecule has 1 aromatic heterocycles. The second-order valence-corrected chi connectivity index (χ2v) is 5.97. The SMILES string of the molecule is CCN(Cc1cccc(NC(=O)c2cc(C(C)=O)cn2C)c1)C(C)=O. The molecular formula is C19H23N3O3. The summed E-state index contributed by atoms with van der Waals surface area (Å²) in [6, 6.07) is 8.97. The number of rotatable bonds is 6. The second-order valence-electron chi connectivity index (χ2n) is 5.97. The lowest BCUT2D eigenvalue weighted by atomic mass is 10.1. The van der Waals surface area contributed by atoms with Crippen molar-refractivity contribution in [3.05, 3.63) is 53.3 Å². The van der Waals surface area contributed by atoms with Crippen molar-refractivity contribution in [2.45, 2.75) is 27.3 Å². The molecule has 0 atom stereocenters. The van der Waals surface area contributed by atoms with Crippen molar-refractivity contribution in [3.63, 3.8) is 0 Å². The van der Waals surface area contributed by atoms with Crippen LogP contribution in [0, 0.1) is 0 Å². The number of anilines is 1. The standard InChI is InChI=1S/C19H23N3O3/c1-5-22(14(3)24)11-15-7-6-8-17(9-15)20-19(25)18-10-16(13(2)23)12-21(18)4/h6-10,12H,5,11H2,1-4H3,(H,20,25). The number of carbonyl (C=O) groups is 3. The second kappa shape index (κ2) is 7.79. The Bertz CT molecular complexity index is 808. The van der Waals surface area contributed by atoms with Gasteiger partial charge in [0.2, 0.25) is 5.91 Å². The average molecular weight is 341 g/mol. The minimum Gasteiger partial charge on any atom is -0.346 e. The van der Waals surface area contributed by atoms with Crippen molar-refractivity contribution in [2.75, 3.05) is 11.9 Å². The highest BCUT2D eigenvalue weighted by molar-refractivity contribution is 6.05. The summed E-state index contributed by atoms with van der Waals surface area (Å²) in [5, 5.41) is 2.84. The number of hydrogen-bond acceptors (Lipinski definition) is 3. The van der Waals surface area contributed by atoms with Crippen molar-refractivity contribution in [3.8, 4) is 0 Å². The zero-order chi connectivity index (χ0) is 18.6. The zero-order valence-electron chi connectivity index (χ0n) is 15.0. The molecule has 0 radical (unpaired) electrons. The van der Waals surface area contributed by atoms with Crippen LogP contribution in [0.4, 0.5) is 5.69 Å². The first kappa shape index (κ1) is 18.4. The van der Waals surface area contributed by atoms with Crippen molar-refractivity contribution in [1.82, 2.24) is 9.47 Å². The van der Waals surface area contributed by atoms with Gasteiger partial charge in [-0.1, -0.05) is 12.1 Å². The van der Waals surface area contributed by atoms with Gasteiger partial charge in [-0.25, -0.2) is 0 Å². The molecule has 25 heavy (non-hydrogen) atoms. The van der Waals surface area contributed by atoms with E-state index in [4.69, 9.17) is 0 Å². The number of benzene rings is 1. The molecule has 1 heterocycles. The molecule has 0 bridgehead atoms. The fourth-order valence-electron chi connectivity index (χ4n) is 2.59. The Morgan fingerprint density at radius 2 is 1.88 bits per heavy atom. The normalized spacial score (nSPS) is 10.4. The maximum Gasteiger partial charge on any atom is 0.272 e. The first-order valence-corrected chi connectivity index (χ1v) is 8.15. The highest BCUT2D eigenvalue weighted by atomic mass is 16.2. The molecule has 6 heteroatoms. The maximum atomic E-state index is 12.5.